The van der Waals surface area contributed by atoms with Crippen LogP contribution in [0.25, 0.3) is 71.4 Å². The van der Waals surface area contributed by atoms with Crippen LogP contribution >= 0.6 is 0 Å². The molecule has 0 radical (unpaired) electrons. The molecular weight excluding hydrogens is 506 g/mol. The van der Waals surface area contributed by atoms with Crippen LogP contribution in [-0.4, -0.2) is 4.57 Å². The van der Waals surface area contributed by atoms with Crippen molar-refractivity contribution in [2.24, 2.45) is 0 Å². The molecule has 0 saturated heterocycles. The van der Waals surface area contributed by atoms with E-state index in [0.717, 1.165) is 55.0 Å². The van der Waals surface area contributed by atoms with E-state index in [-0.39, 0.29) is 11.3 Å². The van der Waals surface area contributed by atoms with Gasteiger partial charge in [0.05, 0.1) is 21.8 Å². The molecule has 0 aliphatic carbocycles. The number of nitrogens with zero attached hydrogens (tertiary/aromatic N) is 1. The second kappa shape index (κ2) is 8.58. The first-order chi connectivity index (χ1) is 19.9. The van der Waals surface area contributed by atoms with E-state index in [1.54, 1.807) is 0 Å². The quantitative estimate of drug-likeness (QED) is 0.211. The second-order valence-electron chi connectivity index (χ2n) is 11.7. The zero-order valence-corrected chi connectivity index (χ0v) is 23.5. The van der Waals surface area contributed by atoms with Crippen LogP contribution < -0.4 is 5.43 Å². The Morgan fingerprint density at radius 2 is 1.29 bits per heavy atom. The lowest BCUT2D eigenvalue weighted by atomic mass is 9.92. The number of benzene rings is 5. The Morgan fingerprint density at radius 3 is 2.10 bits per heavy atom. The predicted molar refractivity (Wildman–Crippen MR) is 170 cm³/mol. The molecule has 0 N–H and O–H groups in total. The third-order valence-corrected chi connectivity index (χ3v) is 8.53. The molecule has 3 heterocycles. The molecule has 0 fully saturated rings. The van der Waals surface area contributed by atoms with Crippen molar-refractivity contribution >= 4 is 65.7 Å². The van der Waals surface area contributed by atoms with Gasteiger partial charge in [0.2, 0.25) is 5.43 Å². The summed E-state index contributed by atoms with van der Waals surface area (Å²) >= 11 is 0. The molecule has 0 amide bonds. The van der Waals surface area contributed by atoms with E-state index >= 15 is 0 Å². The van der Waals surface area contributed by atoms with Gasteiger partial charge in [0.1, 0.15) is 22.3 Å². The first-order valence-corrected chi connectivity index (χ1v) is 14.3. The minimum absolute atomic E-state index is 0.0259. The molecule has 8 aromatic rings. The van der Waals surface area contributed by atoms with Gasteiger partial charge in [-0.25, -0.2) is 0 Å². The van der Waals surface area contributed by atoms with Crippen LogP contribution in [0.5, 0.6) is 0 Å². The lowest BCUT2D eigenvalue weighted by Gasteiger charge is -2.15. The average molecular weight is 536 g/mol. The van der Waals surface area contributed by atoms with Gasteiger partial charge in [-0.05, 0) is 59.4 Å². The molecule has 0 saturated carbocycles. The summed E-state index contributed by atoms with van der Waals surface area (Å²) in [5.41, 5.74) is 8.29. The Kier molecular flexibility index (Phi) is 5.03. The summed E-state index contributed by atoms with van der Waals surface area (Å²) in [7, 11) is 0. The normalized spacial score (nSPS) is 12.4. The maximum absolute atomic E-state index is 13.9. The first kappa shape index (κ1) is 24.0. The number of furan rings is 1. The van der Waals surface area contributed by atoms with Crippen LogP contribution in [0.1, 0.15) is 50.7 Å². The summed E-state index contributed by atoms with van der Waals surface area (Å²) in [5, 5.41) is 5.83. The number of hydrogen-bond acceptors (Lipinski definition) is 3. The topological polar surface area (TPSA) is 48.3 Å². The Labute approximate surface area is 236 Å². The summed E-state index contributed by atoms with van der Waals surface area (Å²) in [6, 6.07) is 31.1. The van der Waals surface area contributed by atoms with Gasteiger partial charge in [0.25, 0.3) is 0 Å². The molecule has 41 heavy (non-hydrogen) atoms. The zero-order chi connectivity index (χ0) is 28.0. The van der Waals surface area contributed by atoms with Crippen molar-refractivity contribution in [3.8, 4) is 5.69 Å². The highest BCUT2D eigenvalue weighted by Gasteiger charge is 2.19. The Morgan fingerprint density at radius 1 is 0.561 bits per heavy atom. The Bertz CT molecular complexity index is 2400. The summed E-state index contributed by atoms with van der Waals surface area (Å²) in [6.45, 7) is 8.60. The molecule has 5 aromatic carbocycles. The lowest BCUT2D eigenvalue weighted by molar-refractivity contribution is 0.656. The number of fused-ring (bicyclic) bond motifs is 8. The van der Waals surface area contributed by atoms with Gasteiger partial charge in [-0.15, -0.1) is 0 Å². The van der Waals surface area contributed by atoms with Crippen molar-refractivity contribution in [1.29, 1.82) is 0 Å². The van der Waals surface area contributed by atoms with E-state index in [2.05, 4.69) is 80.8 Å². The Hall–Kier alpha value is -4.83. The third kappa shape index (κ3) is 3.43. The van der Waals surface area contributed by atoms with Crippen molar-refractivity contribution in [2.45, 2.75) is 39.5 Å². The van der Waals surface area contributed by atoms with Gasteiger partial charge in [-0.1, -0.05) is 70.2 Å². The summed E-state index contributed by atoms with van der Waals surface area (Å²) in [4.78, 5) is 13.9. The second-order valence-corrected chi connectivity index (χ2v) is 11.7. The van der Waals surface area contributed by atoms with Crippen molar-refractivity contribution < 1.29 is 8.83 Å². The number of rotatable bonds is 3. The van der Waals surface area contributed by atoms with Crippen LogP contribution in [0.15, 0.2) is 105 Å². The van der Waals surface area contributed by atoms with Crippen molar-refractivity contribution in [1.82, 2.24) is 4.57 Å². The van der Waals surface area contributed by atoms with Gasteiger partial charge in [-0.3, -0.25) is 4.79 Å². The maximum Gasteiger partial charge on any atom is 0.200 e. The van der Waals surface area contributed by atoms with Gasteiger partial charge in [0, 0.05) is 39.4 Å². The fourth-order valence-electron chi connectivity index (χ4n) is 6.41. The molecule has 0 aliphatic heterocycles. The van der Waals surface area contributed by atoms with Crippen LogP contribution in [0, 0.1) is 0 Å². The van der Waals surface area contributed by atoms with E-state index in [1.807, 2.05) is 42.5 Å². The lowest BCUT2D eigenvalue weighted by Crippen LogP contribution is -2.08. The standard InChI is InChI=1S/C37H29NO3/c1-20(2)22-15-27(21(3)4)36-35(16-22)41-33-17-23(13-14-26(33)37(36)39)38-30-11-7-5-9-24(30)28-18-29-25-10-6-8-12-32(25)40-34(29)19-31(28)38/h5-21H,1-4H3. The molecule has 0 bridgehead atoms. The molecule has 0 aliphatic rings. The minimum Gasteiger partial charge on any atom is -0.456 e. The van der Waals surface area contributed by atoms with Gasteiger partial charge in [-0.2, -0.15) is 0 Å². The average Bonchev–Trinajstić information content (AvgIpc) is 3.49. The third-order valence-electron chi connectivity index (χ3n) is 8.53. The molecule has 0 unspecified atom stereocenters. The summed E-state index contributed by atoms with van der Waals surface area (Å²) in [5.74, 6) is 0.542. The van der Waals surface area contributed by atoms with E-state index in [1.165, 1.54) is 5.56 Å². The monoisotopic (exact) mass is 535 g/mol. The SMILES string of the molecule is CC(C)c1cc(C(C)C)c2c(=O)c3ccc(-n4c5ccccc5c5cc6c(cc54)oc4ccccc46)cc3oc2c1. The predicted octanol–water partition coefficient (Wildman–Crippen LogP) is 10.2. The molecule has 4 heteroatoms. The van der Waals surface area contributed by atoms with Crippen LogP contribution in [0.4, 0.5) is 0 Å². The Balaban J connectivity index is 1.44. The van der Waals surface area contributed by atoms with Crippen LogP contribution in [-0.2, 0) is 0 Å². The highest BCUT2D eigenvalue weighted by atomic mass is 16.3. The van der Waals surface area contributed by atoms with Gasteiger partial charge >= 0.3 is 0 Å². The highest BCUT2D eigenvalue weighted by molar-refractivity contribution is 6.17. The van der Waals surface area contributed by atoms with E-state index < -0.39 is 0 Å². The fourth-order valence-corrected chi connectivity index (χ4v) is 6.41. The summed E-state index contributed by atoms with van der Waals surface area (Å²) in [6.07, 6.45) is 0. The largest absolute Gasteiger partial charge is 0.456 e. The van der Waals surface area contributed by atoms with E-state index in [4.69, 9.17) is 8.83 Å². The van der Waals surface area contributed by atoms with E-state index in [9.17, 15) is 4.79 Å². The summed E-state index contributed by atoms with van der Waals surface area (Å²) < 4.78 is 15.1. The fraction of sp³-hybridized carbons (Fsp3) is 0.162. The van der Waals surface area contributed by atoms with E-state index in [0.29, 0.717) is 27.9 Å². The smallest absolute Gasteiger partial charge is 0.200 e. The van der Waals surface area contributed by atoms with Crippen molar-refractivity contribution in [2.75, 3.05) is 0 Å². The van der Waals surface area contributed by atoms with Gasteiger partial charge in [0.15, 0.2) is 0 Å². The van der Waals surface area contributed by atoms with Crippen molar-refractivity contribution in [3.05, 3.63) is 112 Å². The molecule has 200 valence electrons. The van der Waals surface area contributed by atoms with Gasteiger partial charge < -0.3 is 13.4 Å². The number of hydrogen-bond donors (Lipinski definition) is 0. The molecule has 8 rings (SSSR count). The number of para-hydroxylation sites is 2. The van der Waals surface area contributed by atoms with Crippen LogP contribution in [0.3, 0.4) is 0 Å². The molecular formula is C37H29NO3. The zero-order valence-electron chi connectivity index (χ0n) is 23.5. The maximum atomic E-state index is 13.9. The molecule has 3 aromatic heterocycles. The molecule has 4 nitrogen and oxygen atoms in total. The number of aromatic nitrogens is 1. The van der Waals surface area contributed by atoms with Crippen LogP contribution in [0.2, 0.25) is 0 Å². The molecule has 0 spiro atoms. The molecule has 0 atom stereocenters. The minimum atomic E-state index is 0.0259. The van der Waals surface area contributed by atoms with Crippen molar-refractivity contribution in [3.63, 3.8) is 0 Å². The first-order valence-electron chi connectivity index (χ1n) is 14.3. The highest BCUT2D eigenvalue weighted by Crippen LogP contribution is 2.39.